The van der Waals surface area contributed by atoms with Crippen LogP contribution in [-0.2, 0) is 22.6 Å². The molecule has 0 fully saturated rings. The SMILES string of the molecule is COC(=O)Cn1c(=O)nc2n1C(=O)N(c1ccc(Cl)cc1)C2. The third-order valence-corrected chi connectivity index (χ3v) is 3.54. The molecule has 0 N–H and O–H groups in total. The van der Waals surface area contributed by atoms with E-state index in [1.54, 1.807) is 24.3 Å². The van der Waals surface area contributed by atoms with Crippen LogP contribution in [0, 0.1) is 0 Å². The average Bonchev–Trinajstić information content (AvgIpc) is 2.97. The zero-order valence-corrected chi connectivity index (χ0v) is 12.3. The fraction of sp³-hybridized carbons (Fsp3) is 0.231. The smallest absolute Gasteiger partial charge is 0.365 e. The van der Waals surface area contributed by atoms with Crippen molar-refractivity contribution >= 4 is 29.3 Å². The predicted molar refractivity (Wildman–Crippen MR) is 76.9 cm³/mol. The quantitative estimate of drug-likeness (QED) is 0.782. The van der Waals surface area contributed by atoms with Gasteiger partial charge in [-0.25, -0.2) is 14.3 Å². The van der Waals surface area contributed by atoms with E-state index in [1.807, 2.05) is 0 Å². The molecule has 1 aliphatic heterocycles. The number of methoxy groups -OCH3 is 1. The van der Waals surface area contributed by atoms with Crippen LogP contribution in [0.5, 0.6) is 0 Å². The van der Waals surface area contributed by atoms with Crippen molar-refractivity contribution in [3.63, 3.8) is 0 Å². The molecule has 0 bridgehead atoms. The average molecular weight is 323 g/mol. The molecule has 9 heteroatoms. The second kappa shape index (κ2) is 5.30. The molecule has 0 aliphatic carbocycles. The normalized spacial score (nSPS) is 13.4. The molecule has 0 atom stereocenters. The Bertz CT molecular complexity index is 808. The number of esters is 1. The van der Waals surface area contributed by atoms with Gasteiger partial charge in [0.05, 0.1) is 13.7 Å². The highest BCUT2D eigenvalue weighted by molar-refractivity contribution is 6.30. The van der Waals surface area contributed by atoms with E-state index in [2.05, 4.69) is 9.72 Å². The molecule has 8 nitrogen and oxygen atoms in total. The van der Waals surface area contributed by atoms with Crippen molar-refractivity contribution in [3.8, 4) is 0 Å². The number of hydrogen-bond donors (Lipinski definition) is 0. The van der Waals surface area contributed by atoms with Gasteiger partial charge in [-0.1, -0.05) is 11.6 Å². The molecule has 2 heterocycles. The summed E-state index contributed by atoms with van der Waals surface area (Å²) in [6.45, 7) is -0.230. The minimum Gasteiger partial charge on any atom is -0.468 e. The van der Waals surface area contributed by atoms with E-state index >= 15 is 0 Å². The van der Waals surface area contributed by atoms with Crippen molar-refractivity contribution in [3.05, 3.63) is 45.6 Å². The monoisotopic (exact) mass is 322 g/mol. The molecule has 0 unspecified atom stereocenters. The van der Waals surface area contributed by atoms with Gasteiger partial charge in [0.25, 0.3) is 0 Å². The van der Waals surface area contributed by atoms with Crippen LogP contribution in [0.4, 0.5) is 10.5 Å². The molecule has 114 valence electrons. The lowest BCUT2D eigenvalue weighted by Gasteiger charge is -2.15. The molecule has 1 aromatic heterocycles. The van der Waals surface area contributed by atoms with Crippen LogP contribution in [0.3, 0.4) is 0 Å². The number of halogens is 1. The van der Waals surface area contributed by atoms with E-state index in [1.165, 1.54) is 12.0 Å². The number of nitrogens with zero attached hydrogens (tertiary/aromatic N) is 4. The van der Waals surface area contributed by atoms with Crippen molar-refractivity contribution in [2.75, 3.05) is 12.0 Å². The number of anilines is 1. The van der Waals surface area contributed by atoms with Crippen LogP contribution >= 0.6 is 11.6 Å². The van der Waals surface area contributed by atoms with Gasteiger partial charge in [-0.05, 0) is 24.3 Å². The first-order valence-electron chi connectivity index (χ1n) is 6.34. The summed E-state index contributed by atoms with van der Waals surface area (Å²) in [6, 6.07) is 6.24. The van der Waals surface area contributed by atoms with Crippen LogP contribution < -0.4 is 10.6 Å². The fourth-order valence-electron chi connectivity index (χ4n) is 2.23. The summed E-state index contributed by atoms with van der Waals surface area (Å²) in [7, 11) is 1.20. The van der Waals surface area contributed by atoms with Crippen molar-refractivity contribution < 1.29 is 14.3 Å². The number of fused-ring (bicyclic) bond motifs is 1. The number of carbonyl (C=O) groups excluding carboxylic acids is 2. The van der Waals surface area contributed by atoms with Gasteiger partial charge in [-0.2, -0.15) is 9.67 Å². The Morgan fingerprint density at radius 1 is 1.32 bits per heavy atom. The largest absolute Gasteiger partial charge is 0.468 e. The third kappa shape index (κ3) is 2.27. The molecule has 1 aliphatic rings. The first kappa shape index (κ1) is 14.3. The van der Waals surface area contributed by atoms with Crippen LogP contribution in [0.2, 0.25) is 5.02 Å². The van der Waals surface area contributed by atoms with E-state index in [0.717, 1.165) is 9.36 Å². The maximum absolute atomic E-state index is 12.5. The zero-order chi connectivity index (χ0) is 15.9. The topological polar surface area (TPSA) is 86.4 Å². The number of benzene rings is 1. The second-order valence-electron chi connectivity index (χ2n) is 4.60. The molecular weight excluding hydrogens is 312 g/mol. The molecule has 0 spiro atoms. The number of amides is 1. The molecule has 0 radical (unpaired) electrons. The number of ether oxygens (including phenoxy) is 1. The number of rotatable bonds is 3. The summed E-state index contributed by atoms with van der Waals surface area (Å²) in [5.74, 6) is -0.364. The Morgan fingerprint density at radius 3 is 2.64 bits per heavy atom. The van der Waals surface area contributed by atoms with Crippen LogP contribution in [0.15, 0.2) is 29.1 Å². The molecule has 1 aromatic carbocycles. The predicted octanol–water partition coefficient (Wildman–Crippen LogP) is 0.860. The molecule has 1 amide bonds. The maximum atomic E-state index is 12.5. The summed E-state index contributed by atoms with van der Waals surface area (Å²) in [4.78, 5) is 40.9. The number of hydrogen-bond acceptors (Lipinski definition) is 5. The molecule has 3 rings (SSSR count). The van der Waals surface area contributed by atoms with E-state index in [0.29, 0.717) is 10.7 Å². The van der Waals surface area contributed by atoms with Crippen LogP contribution in [-0.4, -0.2) is 33.5 Å². The Hall–Kier alpha value is -2.61. The lowest BCUT2D eigenvalue weighted by molar-refractivity contribution is -0.141. The minimum atomic E-state index is -0.662. The Balaban J connectivity index is 1.96. The second-order valence-corrected chi connectivity index (χ2v) is 5.04. The Morgan fingerprint density at radius 2 is 2.00 bits per heavy atom. The van der Waals surface area contributed by atoms with Gasteiger partial charge >= 0.3 is 17.7 Å². The van der Waals surface area contributed by atoms with E-state index in [9.17, 15) is 14.4 Å². The standard InChI is InChI=1S/C13H11ClN4O4/c1-22-11(19)7-17-12(20)15-10-6-16(13(21)18(10)17)9-4-2-8(14)3-5-9/h2-5H,6-7H2,1H3. The number of carbonyl (C=O) groups is 2. The van der Waals surface area contributed by atoms with Crippen LogP contribution in [0.1, 0.15) is 5.82 Å². The third-order valence-electron chi connectivity index (χ3n) is 3.29. The summed E-state index contributed by atoms with van der Waals surface area (Å²) in [6.07, 6.45) is 0. The van der Waals surface area contributed by atoms with Gasteiger partial charge in [0.15, 0.2) is 5.82 Å². The van der Waals surface area contributed by atoms with Crippen molar-refractivity contribution in [1.29, 1.82) is 0 Å². The van der Waals surface area contributed by atoms with E-state index in [4.69, 9.17) is 11.6 Å². The summed E-state index contributed by atoms with van der Waals surface area (Å²) in [5.41, 5.74) is -0.0403. The van der Waals surface area contributed by atoms with Crippen molar-refractivity contribution in [1.82, 2.24) is 14.3 Å². The minimum absolute atomic E-state index is 0.143. The highest BCUT2D eigenvalue weighted by Crippen LogP contribution is 2.24. The summed E-state index contributed by atoms with van der Waals surface area (Å²) < 4.78 is 6.57. The van der Waals surface area contributed by atoms with E-state index in [-0.39, 0.29) is 18.9 Å². The van der Waals surface area contributed by atoms with Gasteiger partial charge in [-0.15, -0.1) is 0 Å². The lowest BCUT2D eigenvalue weighted by atomic mass is 10.3. The maximum Gasteiger partial charge on any atom is 0.365 e. The summed E-state index contributed by atoms with van der Waals surface area (Å²) in [5, 5.41) is 0.552. The van der Waals surface area contributed by atoms with E-state index < -0.39 is 17.7 Å². The van der Waals surface area contributed by atoms with Gasteiger partial charge in [-0.3, -0.25) is 9.69 Å². The highest BCUT2D eigenvalue weighted by Gasteiger charge is 2.33. The van der Waals surface area contributed by atoms with Crippen LogP contribution in [0.25, 0.3) is 0 Å². The first-order valence-corrected chi connectivity index (χ1v) is 6.72. The lowest BCUT2D eigenvalue weighted by Crippen LogP contribution is -2.35. The Labute approximate surface area is 129 Å². The van der Waals surface area contributed by atoms with Crippen molar-refractivity contribution in [2.24, 2.45) is 0 Å². The first-order chi connectivity index (χ1) is 10.5. The molecule has 0 saturated heterocycles. The Kier molecular flexibility index (Phi) is 3.45. The summed E-state index contributed by atoms with van der Waals surface area (Å²) >= 11 is 5.82. The zero-order valence-electron chi connectivity index (χ0n) is 11.5. The molecular formula is C13H11ClN4O4. The number of aromatic nitrogens is 3. The highest BCUT2D eigenvalue weighted by atomic mass is 35.5. The van der Waals surface area contributed by atoms with Gasteiger partial charge in [0, 0.05) is 10.7 Å². The van der Waals surface area contributed by atoms with Gasteiger partial charge in [0.1, 0.15) is 6.54 Å². The molecule has 0 saturated carbocycles. The van der Waals surface area contributed by atoms with Gasteiger partial charge < -0.3 is 4.74 Å². The fourth-order valence-corrected chi connectivity index (χ4v) is 2.35. The molecule has 2 aromatic rings. The molecule has 22 heavy (non-hydrogen) atoms. The van der Waals surface area contributed by atoms with Crippen molar-refractivity contribution in [2.45, 2.75) is 13.1 Å². The van der Waals surface area contributed by atoms with Gasteiger partial charge in [0.2, 0.25) is 0 Å².